The molecule has 1 aliphatic heterocycles. The lowest BCUT2D eigenvalue weighted by molar-refractivity contribution is 0.0213. The maximum absolute atomic E-state index is 13.3. The van der Waals surface area contributed by atoms with Crippen molar-refractivity contribution in [1.82, 2.24) is 4.90 Å². The quantitative estimate of drug-likeness (QED) is 0.852. The van der Waals surface area contributed by atoms with Crippen LogP contribution in [0.5, 0.6) is 0 Å². The van der Waals surface area contributed by atoms with Crippen molar-refractivity contribution in [2.75, 3.05) is 24.6 Å². The van der Waals surface area contributed by atoms with E-state index in [1.807, 2.05) is 69.3 Å². The number of likely N-dealkylation sites (N-methyl/N-ethyl adjacent to an activating group) is 1. The van der Waals surface area contributed by atoms with Crippen LogP contribution in [0.3, 0.4) is 0 Å². The molecule has 1 amide bonds. The summed E-state index contributed by atoms with van der Waals surface area (Å²) in [5, 5.41) is 20.5. The molecule has 5 nitrogen and oxygen atoms in total. The number of anilines is 1. The highest BCUT2D eigenvalue weighted by Crippen LogP contribution is 2.41. The molecule has 0 spiro atoms. The van der Waals surface area contributed by atoms with Crippen LogP contribution >= 0.6 is 0 Å². The van der Waals surface area contributed by atoms with E-state index in [0.29, 0.717) is 18.7 Å². The summed E-state index contributed by atoms with van der Waals surface area (Å²) < 4.78 is 0. The van der Waals surface area contributed by atoms with E-state index in [1.54, 1.807) is 4.90 Å². The van der Waals surface area contributed by atoms with Gasteiger partial charge in [-0.05, 0) is 44.2 Å². The summed E-state index contributed by atoms with van der Waals surface area (Å²) in [6, 6.07) is 14.6. The number of rotatable bonds is 5. The van der Waals surface area contributed by atoms with Crippen molar-refractivity contribution in [3.63, 3.8) is 0 Å². The monoisotopic (exact) mass is 368 g/mol. The summed E-state index contributed by atoms with van der Waals surface area (Å²) in [6.45, 7) is 7.09. The lowest BCUT2D eigenvalue weighted by atomic mass is 9.87. The zero-order valence-corrected chi connectivity index (χ0v) is 16.2. The Bertz CT molecular complexity index is 790. The molecule has 5 heteroatoms. The summed E-state index contributed by atoms with van der Waals surface area (Å²) in [4.78, 5) is 17.0. The second-order valence-corrected chi connectivity index (χ2v) is 7.13. The smallest absolute Gasteiger partial charge is 0.258 e. The number of hydrogen-bond acceptors (Lipinski definition) is 4. The van der Waals surface area contributed by atoms with Crippen molar-refractivity contribution in [3.8, 4) is 0 Å². The maximum Gasteiger partial charge on any atom is 0.258 e. The van der Waals surface area contributed by atoms with Crippen molar-refractivity contribution < 1.29 is 15.0 Å². The highest BCUT2D eigenvalue weighted by molar-refractivity contribution is 6.07. The second-order valence-electron chi connectivity index (χ2n) is 7.13. The number of aryl methyl sites for hydroxylation is 1. The first-order valence-corrected chi connectivity index (χ1v) is 9.51. The number of benzene rings is 2. The molecule has 1 aliphatic rings. The first-order chi connectivity index (χ1) is 13.0. The van der Waals surface area contributed by atoms with E-state index in [-0.39, 0.29) is 24.6 Å². The summed E-state index contributed by atoms with van der Waals surface area (Å²) in [5.41, 5.74) is 3.44. The molecule has 2 aromatic carbocycles. The van der Waals surface area contributed by atoms with E-state index < -0.39 is 6.10 Å². The minimum atomic E-state index is -0.749. The third-order valence-electron chi connectivity index (χ3n) is 5.44. The third kappa shape index (κ3) is 3.63. The number of nitrogens with zero attached hydrogens (tertiary/aromatic N) is 2. The van der Waals surface area contributed by atoms with Crippen molar-refractivity contribution in [3.05, 3.63) is 65.2 Å². The van der Waals surface area contributed by atoms with Crippen LogP contribution in [0.2, 0.25) is 0 Å². The Kier molecular flexibility index (Phi) is 5.95. The predicted molar refractivity (Wildman–Crippen MR) is 107 cm³/mol. The largest absolute Gasteiger partial charge is 0.395 e. The average molecular weight is 368 g/mol. The first-order valence-electron chi connectivity index (χ1n) is 9.51. The Morgan fingerprint density at radius 3 is 2.44 bits per heavy atom. The molecular formula is C22H28N2O3. The van der Waals surface area contributed by atoms with Crippen LogP contribution < -0.4 is 4.90 Å². The van der Waals surface area contributed by atoms with E-state index >= 15 is 0 Å². The van der Waals surface area contributed by atoms with Gasteiger partial charge in [-0.2, -0.15) is 0 Å². The lowest BCUT2D eigenvalue weighted by Gasteiger charge is -2.46. The lowest BCUT2D eigenvalue weighted by Crippen LogP contribution is -2.55. The van der Waals surface area contributed by atoms with Crippen molar-refractivity contribution in [2.24, 2.45) is 0 Å². The number of carbonyl (C=O) groups is 1. The standard InChI is InChI=1S/C22H28N2O3/c1-4-23(13-14-25)20-18-7-5-6-8-19(18)24(16(3)21(20)26)22(27)17-11-9-15(2)10-12-17/h5-12,16,20-21,25-26H,4,13-14H2,1-3H3/t16-,20-,21+/m1/s1. The van der Waals surface area contributed by atoms with Crippen LogP contribution in [0.15, 0.2) is 48.5 Å². The van der Waals surface area contributed by atoms with Crippen LogP contribution in [-0.4, -0.2) is 52.9 Å². The van der Waals surface area contributed by atoms with Gasteiger partial charge in [-0.1, -0.05) is 42.8 Å². The average Bonchev–Trinajstić information content (AvgIpc) is 2.68. The van der Waals surface area contributed by atoms with Crippen molar-refractivity contribution in [2.45, 2.75) is 39.0 Å². The van der Waals surface area contributed by atoms with E-state index in [2.05, 4.69) is 4.90 Å². The Hall–Kier alpha value is -2.21. The van der Waals surface area contributed by atoms with Gasteiger partial charge in [0.2, 0.25) is 0 Å². The molecular weight excluding hydrogens is 340 g/mol. The molecule has 0 aromatic heterocycles. The summed E-state index contributed by atoms with van der Waals surface area (Å²) in [7, 11) is 0. The Balaban J connectivity index is 2.05. The van der Waals surface area contributed by atoms with E-state index in [1.165, 1.54) is 0 Å². The van der Waals surface area contributed by atoms with Crippen LogP contribution in [0.25, 0.3) is 0 Å². The zero-order chi connectivity index (χ0) is 19.6. The molecule has 0 aliphatic carbocycles. The summed E-state index contributed by atoms with van der Waals surface area (Å²) >= 11 is 0. The topological polar surface area (TPSA) is 64.0 Å². The highest BCUT2D eigenvalue weighted by Gasteiger charge is 2.42. The van der Waals surface area contributed by atoms with Gasteiger partial charge in [0.05, 0.1) is 24.8 Å². The van der Waals surface area contributed by atoms with Crippen LogP contribution in [0.4, 0.5) is 5.69 Å². The van der Waals surface area contributed by atoms with Gasteiger partial charge in [0.15, 0.2) is 0 Å². The molecule has 0 unspecified atom stereocenters. The Morgan fingerprint density at radius 1 is 1.15 bits per heavy atom. The van der Waals surface area contributed by atoms with E-state index in [4.69, 9.17) is 0 Å². The minimum Gasteiger partial charge on any atom is -0.395 e. The molecule has 1 heterocycles. The SMILES string of the molecule is CCN(CCO)[C@@H]1c2ccccc2N(C(=O)c2ccc(C)cc2)[C@H](C)[C@@H]1O. The number of amides is 1. The fraction of sp³-hybridized carbons (Fsp3) is 0.409. The predicted octanol–water partition coefficient (Wildman–Crippen LogP) is 2.76. The van der Waals surface area contributed by atoms with Crippen molar-refractivity contribution >= 4 is 11.6 Å². The fourth-order valence-corrected chi connectivity index (χ4v) is 3.94. The molecule has 0 radical (unpaired) electrons. The molecule has 2 N–H and O–H groups in total. The normalized spacial score (nSPS) is 22.0. The Morgan fingerprint density at radius 2 is 1.81 bits per heavy atom. The van der Waals surface area contributed by atoms with Crippen molar-refractivity contribution in [1.29, 1.82) is 0 Å². The summed E-state index contributed by atoms with van der Waals surface area (Å²) in [6.07, 6.45) is -0.749. The second kappa shape index (κ2) is 8.21. The van der Waals surface area contributed by atoms with Gasteiger partial charge in [0, 0.05) is 17.8 Å². The first kappa shape index (κ1) is 19.5. The highest BCUT2D eigenvalue weighted by atomic mass is 16.3. The number of fused-ring (bicyclic) bond motifs is 1. The van der Waals surface area contributed by atoms with E-state index in [0.717, 1.165) is 16.8 Å². The number of carbonyl (C=O) groups excluding carboxylic acids is 1. The molecule has 144 valence electrons. The van der Waals surface area contributed by atoms with Gasteiger partial charge < -0.3 is 15.1 Å². The molecule has 0 fully saturated rings. The molecule has 2 aromatic rings. The van der Waals surface area contributed by atoms with Crippen LogP contribution in [0.1, 0.15) is 41.4 Å². The van der Waals surface area contributed by atoms with E-state index in [9.17, 15) is 15.0 Å². The van der Waals surface area contributed by atoms with Crippen LogP contribution in [0, 0.1) is 6.92 Å². The van der Waals surface area contributed by atoms with Gasteiger partial charge in [0.1, 0.15) is 0 Å². The van der Waals surface area contributed by atoms with Gasteiger partial charge in [-0.25, -0.2) is 0 Å². The van der Waals surface area contributed by atoms with Gasteiger partial charge in [-0.3, -0.25) is 9.69 Å². The summed E-state index contributed by atoms with van der Waals surface area (Å²) in [5.74, 6) is -0.113. The minimum absolute atomic E-state index is 0.0274. The molecule has 27 heavy (non-hydrogen) atoms. The number of para-hydroxylation sites is 1. The number of aliphatic hydroxyl groups is 2. The van der Waals surface area contributed by atoms with Gasteiger partial charge in [-0.15, -0.1) is 0 Å². The fourth-order valence-electron chi connectivity index (χ4n) is 3.94. The maximum atomic E-state index is 13.3. The number of hydrogen-bond donors (Lipinski definition) is 2. The van der Waals surface area contributed by atoms with Gasteiger partial charge >= 0.3 is 0 Å². The van der Waals surface area contributed by atoms with Crippen LogP contribution in [-0.2, 0) is 0 Å². The molecule has 0 saturated carbocycles. The molecule has 3 rings (SSSR count). The third-order valence-corrected chi connectivity index (χ3v) is 5.44. The molecule has 3 atom stereocenters. The molecule has 0 bridgehead atoms. The van der Waals surface area contributed by atoms with Gasteiger partial charge in [0.25, 0.3) is 5.91 Å². The molecule has 0 saturated heterocycles. The Labute approximate surface area is 160 Å². The number of aliphatic hydroxyl groups excluding tert-OH is 2. The zero-order valence-electron chi connectivity index (χ0n) is 16.2.